The van der Waals surface area contributed by atoms with Gasteiger partial charge in [0.15, 0.2) is 0 Å². The Bertz CT molecular complexity index is 382. The van der Waals surface area contributed by atoms with Crippen molar-refractivity contribution in [1.29, 1.82) is 0 Å². The fourth-order valence-electron chi connectivity index (χ4n) is 2.57. The van der Waals surface area contributed by atoms with Crippen LogP contribution in [0.1, 0.15) is 90.9 Å². The van der Waals surface area contributed by atoms with Crippen molar-refractivity contribution in [3.05, 3.63) is 12.2 Å². The van der Waals surface area contributed by atoms with E-state index in [0.29, 0.717) is 0 Å². The molecule has 1 unspecified atom stereocenters. The molecule has 0 saturated carbocycles. The molecule has 0 aliphatic rings. The second-order valence-electron chi connectivity index (χ2n) is 6.29. The molecule has 24 heavy (non-hydrogen) atoms. The van der Waals surface area contributed by atoms with Gasteiger partial charge in [0.25, 0.3) is 0 Å². The van der Waals surface area contributed by atoms with Gasteiger partial charge in [0.05, 0.1) is 6.61 Å². The molecule has 0 aliphatic heterocycles. The van der Waals surface area contributed by atoms with Gasteiger partial charge in [-0.2, -0.15) is 0 Å². The Kier molecular flexibility index (Phi) is 20.6. The molecule has 0 saturated heterocycles. The molecule has 138 valence electrons. The van der Waals surface area contributed by atoms with Gasteiger partial charge in [-0.3, -0.25) is 4.18 Å². The Balaban J connectivity index is 0. The van der Waals surface area contributed by atoms with Crippen LogP contribution in [-0.2, 0) is 14.6 Å². The van der Waals surface area contributed by atoms with Crippen LogP contribution in [0.2, 0.25) is 0 Å². The molecule has 0 bridgehead atoms. The maximum absolute atomic E-state index is 10.6. The van der Waals surface area contributed by atoms with Crippen LogP contribution >= 0.6 is 0 Å². The summed E-state index contributed by atoms with van der Waals surface area (Å²) in [5.74, 6) is 0.0238. The molecule has 0 N–H and O–H groups in total. The predicted octanol–water partition coefficient (Wildman–Crippen LogP) is 2.36. The molecule has 0 heterocycles. The number of unbranched alkanes of at least 4 members (excludes halogenated alkanes) is 9. The number of hydrogen-bond acceptors (Lipinski definition) is 4. The van der Waals surface area contributed by atoms with Crippen LogP contribution in [0, 0.1) is 5.92 Å². The van der Waals surface area contributed by atoms with Gasteiger partial charge in [0, 0.05) is 5.92 Å². The summed E-state index contributed by atoms with van der Waals surface area (Å²) in [6, 6.07) is 0. The van der Waals surface area contributed by atoms with Gasteiger partial charge in [0.1, 0.15) is 0 Å². The fourth-order valence-corrected chi connectivity index (χ4v) is 2.91. The third-order valence-corrected chi connectivity index (χ3v) is 4.41. The van der Waals surface area contributed by atoms with Crippen molar-refractivity contribution in [1.82, 2.24) is 0 Å². The molecule has 0 aromatic rings. The molecule has 1 atom stereocenters. The molecular weight excluding hydrogens is 335 g/mol. The Hall–Kier alpha value is 0.610. The van der Waals surface area contributed by atoms with Crippen molar-refractivity contribution in [2.24, 2.45) is 5.92 Å². The average molecular weight is 371 g/mol. The van der Waals surface area contributed by atoms with Crippen molar-refractivity contribution < 1.29 is 46.7 Å². The Morgan fingerprint density at radius 1 is 0.917 bits per heavy atom. The Morgan fingerprint density at radius 3 is 2.04 bits per heavy atom. The third kappa shape index (κ3) is 20.7. The van der Waals surface area contributed by atoms with Crippen molar-refractivity contribution in [2.75, 3.05) is 6.61 Å². The molecule has 4 nitrogen and oxygen atoms in total. The summed E-state index contributed by atoms with van der Waals surface area (Å²) in [6.07, 6.45) is 18.2. The van der Waals surface area contributed by atoms with E-state index in [1.54, 1.807) is 0 Å². The quantitative estimate of drug-likeness (QED) is 0.138. The molecule has 0 amide bonds. The van der Waals surface area contributed by atoms with E-state index in [0.717, 1.165) is 25.7 Å². The minimum Gasteiger partial charge on any atom is -0.726 e. The van der Waals surface area contributed by atoms with Gasteiger partial charge in [-0.1, -0.05) is 83.8 Å². The van der Waals surface area contributed by atoms with E-state index in [1.807, 2.05) is 6.08 Å². The first kappa shape index (κ1) is 26.8. The van der Waals surface area contributed by atoms with Gasteiger partial charge in [-0.15, -0.1) is 0 Å². The molecule has 6 heteroatoms. The Morgan fingerprint density at radius 2 is 1.46 bits per heavy atom. The van der Waals surface area contributed by atoms with E-state index in [4.69, 9.17) is 0 Å². The molecule has 0 fully saturated rings. The molecule has 0 rings (SSSR count). The molecule has 0 aromatic carbocycles. The second-order valence-corrected chi connectivity index (χ2v) is 7.34. The number of rotatable bonds is 16. The normalized spacial score (nSPS) is 13.1. The summed E-state index contributed by atoms with van der Waals surface area (Å²) in [5.41, 5.74) is 0. The van der Waals surface area contributed by atoms with E-state index in [-0.39, 0.29) is 42.1 Å². The van der Waals surface area contributed by atoms with Crippen molar-refractivity contribution >= 4 is 10.4 Å². The van der Waals surface area contributed by atoms with E-state index in [1.165, 1.54) is 51.4 Å². The van der Waals surface area contributed by atoms with Gasteiger partial charge in [-0.25, -0.2) is 8.42 Å². The van der Waals surface area contributed by atoms with Crippen LogP contribution in [0.3, 0.4) is 0 Å². The number of hydrogen-bond donors (Lipinski definition) is 0. The van der Waals surface area contributed by atoms with E-state index >= 15 is 0 Å². The monoisotopic (exact) mass is 370 g/mol. The van der Waals surface area contributed by atoms with Gasteiger partial charge in [0.2, 0.25) is 10.4 Å². The van der Waals surface area contributed by atoms with Crippen LogP contribution in [-0.4, -0.2) is 19.6 Å². The first-order valence-electron chi connectivity index (χ1n) is 9.26. The maximum Gasteiger partial charge on any atom is 1.00 e. The van der Waals surface area contributed by atoms with Crippen LogP contribution in [0.5, 0.6) is 0 Å². The first-order valence-corrected chi connectivity index (χ1v) is 10.6. The van der Waals surface area contributed by atoms with Crippen molar-refractivity contribution in [3.63, 3.8) is 0 Å². The summed E-state index contributed by atoms with van der Waals surface area (Å²) in [5, 5.41) is 0. The molecule has 0 radical (unpaired) electrons. The SMILES string of the molecule is CCCCCCCC/C=C/C(CCCCCC)COS(=O)(=O)[O-].[Na+]. The van der Waals surface area contributed by atoms with Crippen LogP contribution in [0.25, 0.3) is 0 Å². The summed E-state index contributed by atoms with van der Waals surface area (Å²) in [6.45, 7) is 4.35. The van der Waals surface area contributed by atoms with Crippen LogP contribution in [0.15, 0.2) is 12.2 Å². The van der Waals surface area contributed by atoms with Gasteiger partial charge < -0.3 is 4.55 Å². The molecule has 0 aliphatic carbocycles. The number of allylic oxidation sites excluding steroid dienone is 1. The Labute approximate surface area is 172 Å². The zero-order valence-electron chi connectivity index (χ0n) is 16.0. The molecular formula is C18H35NaO4S. The minimum absolute atomic E-state index is 0. The third-order valence-electron chi connectivity index (χ3n) is 3.99. The van der Waals surface area contributed by atoms with Crippen molar-refractivity contribution in [3.8, 4) is 0 Å². The van der Waals surface area contributed by atoms with Crippen LogP contribution < -0.4 is 29.6 Å². The van der Waals surface area contributed by atoms with Crippen LogP contribution in [0.4, 0.5) is 0 Å². The standard InChI is InChI=1S/C18H36O4S.Na/c1-3-5-7-9-10-11-12-14-16-18(15-13-8-6-4-2)17-22-23(19,20)21;/h14,16,18H,3-13,15,17H2,1-2H3,(H,19,20,21);/q;+1/p-1/b16-14+;. The second kappa shape index (κ2) is 18.4. The first-order chi connectivity index (χ1) is 11.0. The van der Waals surface area contributed by atoms with Crippen molar-refractivity contribution in [2.45, 2.75) is 90.9 Å². The molecule has 0 spiro atoms. The minimum atomic E-state index is -4.59. The topological polar surface area (TPSA) is 66.4 Å². The summed E-state index contributed by atoms with van der Waals surface area (Å²) < 4.78 is 36.3. The average Bonchev–Trinajstić information content (AvgIpc) is 2.50. The fraction of sp³-hybridized carbons (Fsp3) is 0.889. The maximum atomic E-state index is 10.6. The predicted molar refractivity (Wildman–Crippen MR) is 95.0 cm³/mol. The largest absolute Gasteiger partial charge is 1.00 e. The zero-order valence-corrected chi connectivity index (χ0v) is 18.8. The van der Waals surface area contributed by atoms with E-state index in [9.17, 15) is 13.0 Å². The summed E-state index contributed by atoms with van der Waals surface area (Å²) >= 11 is 0. The summed E-state index contributed by atoms with van der Waals surface area (Å²) in [7, 11) is -4.59. The van der Waals surface area contributed by atoms with E-state index < -0.39 is 10.4 Å². The smallest absolute Gasteiger partial charge is 0.726 e. The van der Waals surface area contributed by atoms with Gasteiger partial charge in [-0.05, 0) is 19.3 Å². The summed E-state index contributed by atoms with van der Waals surface area (Å²) in [4.78, 5) is 0. The van der Waals surface area contributed by atoms with E-state index in [2.05, 4.69) is 24.1 Å². The zero-order chi connectivity index (χ0) is 17.4. The van der Waals surface area contributed by atoms with Gasteiger partial charge >= 0.3 is 29.6 Å². The molecule has 0 aromatic heterocycles.